The highest BCUT2D eigenvalue weighted by atomic mass is 79.9. The van der Waals surface area contributed by atoms with Crippen molar-refractivity contribution in [2.75, 3.05) is 5.75 Å². The second-order valence-corrected chi connectivity index (χ2v) is 8.40. The summed E-state index contributed by atoms with van der Waals surface area (Å²) in [6.07, 6.45) is 2.32. The number of nitrogens with one attached hydrogen (secondary N) is 1. The summed E-state index contributed by atoms with van der Waals surface area (Å²) in [6.45, 7) is 0. The smallest absolute Gasteiger partial charge is 0.408 e. The van der Waals surface area contributed by atoms with Crippen LogP contribution in [-0.2, 0) is 9.84 Å². The molecule has 2 aromatic rings. The van der Waals surface area contributed by atoms with Crippen molar-refractivity contribution in [3.63, 3.8) is 0 Å². The standard InChI is InChI=1S/C13H14BrNO4S/c14-12(11-3-1-2-6-20(11,17)18)8-4-5-9-10(7-8)19-13(16)15-9/h4-5,7,11-12H,1-3,6H2,(H,15,16). The van der Waals surface area contributed by atoms with Gasteiger partial charge in [0.05, 0.1) is 21.3 Å². The van der Waals surface area contributed by atoms with Crippen LogP contribution in [0.2, 0.25) is 0 Å². The minimum absolute atomic E-state index is 0.251. The lowest BCUT2D eigenvalue weighted by Gasteiger charge is -2.26. The van der Waals surface area contributed by atoms with Gasteiger partial charge in [-0.15, -0.1) is 0 Å². The predicted molar refractivity (Wildman–Crippen MR) is 79.9 cm³/mol. The molecule has 3 rings (SSSR count). The van der Waals surface area contributed by atoms with Crippen LogP contribution in [0.15, 0.2) is 27.4 Å². The number of benzene rings is 1. The zero-order valence-electron chi connectivity index (χ0n) is 10.6. The summed E-state index contributed by atoms with van der Waals surface area (Å²) in [5.41, 5.74) is 1.88. The quantitative estimate of drug-likeness (QED) is 0.835. The number of aromatic amines is 1. The number of aromatic nitrogens is 1. The van der Waals surface area contributed by atoms with E-state index in [2.05, 4.69) is 20.9 Å². The maximum atomic E-state index is 12.2. The number of fused-ring (bicyclic) bond motifs is 1. The number of hydrogen-bond acceptors (Lipinski definition) is 4. The van der Waals surface area contributed by atoms with Gasteiger partial charge in [-0.1, -0.05) is 28.4 Å². The molecule has 1 N–H and O–H groups in total. The molecule has 0 radical (unpaired) electrons. The first-order valence-electron chi connectivity index (χ1n) is 6.46. The van der Waals surface area contributed by atoms with Crippen molar-refractivity contribution in [1.29, 1.82) is 0 Å². The van der Waals surface area contributed by atoms with Gasteiger partial charge in [0.25, 0.3) is 0 Å². The van der Waals surface area contributed by atoms with Gasteiger partial charge in [0.15, 0.2) is 15.4 Å². The molecule has 1 aromatic heterocycles. The average Bonchev–Trinajstić information content (AvgIpc) is 2.76. The molecule has 2 heterocycles. The molecule has 1 aliphatic heterocycles. The zero-order valence-corrected chi connectivity index (χ0v) is 13.0. The van der Waals surface area contributed by atoms with E-state index < -0.39 is 20.8 Å². The normalized spacial score (nSPS) is 23.8. The molecule has 7 heteroatoms. The summed E-state index contributed by atoms with van der Waals surface area (Å²) in [5.74, 6) is -0.255. The summed E-state index contributed by atoms with van der Waals surface area (Å²) < 4.78 is 29.3. The van der Waals surface area contributed by atoms with E-state index in [1.807, 2.05) is 6.07 Å². The van der Waals surface area contributed by atoms with Crippen LogP contribution in [0, 0.1) is 0 Å². The molecule has 2 atom stereocenters. The number of H-pyrrole nitrogens is 1. The van der Waals surface area contributed by atoms with Crippen LogP contribution in [0.5, 0.6) is 0 Å². The molecule has 0 spiro atoms. The molecule has 0 amide bonds. The van der Waals surface area contributed by atoms with Crippen molar-refractivity contribution in [1.82, 2.24) is 4.98 Å². The molecule has 108 valence electrons. The second kappa shape index (κ2) is 5.04. The van der Waals surface area contributed by atoms with Crippen molar-refractivity contribution >= 4 is 36.9 Å². The summed E-state index contributed by atoms with van der Waals surface area (Å²) in [5, 5.41) is -0.417. The van der Waals surface area contributed by atoms with Gasteiger partial charge in [-0.2, -0.15) is 0 Å². The van der Waals surface area contributed by atoms with Crippen LogP contribution in [0.3, 0.4) is 0 Å². The fourth-order valence-electron chi connectivity index (χ4n) is 2.66. The average molecular weight is 360 g/mol. The molecule has 0 bridgehead atoms. The molecule has 0 aliphatic carbocycles. The Morgan fingerprint density at radius 2 is 2.15 bits per heavy atom. The molecule has 1 saturated heterocycles. The van der Waals surface area contributed by atoms with Gasteiger partial charge < -0.3 is 4.42 Å². The van der Waals surface area contributed by atoms with E-state index in [1.165, 1.54) is 0 Å². The first-order valence-corrected chi connectivity index (χ1v) is 9.09. The van der Waals surface area contributed by atoms with Gasteiger partial charge in [0.2, 0.25) is 0 Å². The lowest BCUT2D eigenvalue weighted by atomic mass is 10.0. The van der Waals surface area contributed by atoms with Gasteiger partial charge in [-0.3, -0.25) is 4.98 Å². The summed E-state index contributed by atoms with van der Waals surface area (Å²) >= 11 is 3.51. The number of halogens is 1. The summed E-state index contributed by atoms with van der Waals surface area (Å²) in [4.78, 5) is 13.4. The minimum atomic E-state index is -3.07. The van der Waals surface area contributed by atoms with Crippen LogP contribution in [0.1, 0.15) is 29.7 Å². The Labute approximate surface area is 124 Å². The number of alkyl halides is 1. The van der Waals surface area contributed by atoms with E-state index >= 15 is 0 Å². The van der Waals surface area contributed by atoms with Crippen LogP contribution in [0.25, 0.3) is 11.1 Å². The Balaban J connectivity index is 1.99. The topological polar surface area (TPSA) is 80.1 Å². The maximum Gasteiger partial charge on any atom is 0.417 e. The van der Waals surface area contributed by atoms with Gasteiger partial charge in [-0.25, -0.2) is 13.2 Å². The van der Waals surface area contributed by atoms with Crippen LogP contribution in [-0.4, -0.2) is 24.4 Å². The van der Waals surface area contributed by atoms with Crippen molar-refractivity contribution in [2.45, 2.75) is 29.3 Å². The molecule has 1 aromatic carbocycles. The third kappa shape index (κ3) is 2.44. The lowest BCUT2D eigenvalue weighted by molar-refractivity contribution is 0.536. The highest BCUT2D eigenvalue weighted by molar-refractivity contribution is 9.09. The number of rotatable bonds is 2. The molecule has 2 unspecified atom stereocenters. The lowest BCUT2D eigenvalue weighted by Crippen LogP contribution is -2.31. The third-order valence-corrected chi connectivity index (χ3v) is 7.52. The van der Waals surface area contributed by atoms with Gasteiger partial charge in [-0.05, 0) is 30.5 Å². The largest absolute Gasteiger partial charge is 0.417 e. The van der Waals surface area contributed by atoms with Crippen LogP contribution >= 0.6 is 15.9 Å². The van der Waals surface area contributed by atoms with E-state index in [4.69, 9.17) is 4.42 Å². The first kappa shape index (κ1) is 13.9. The predicted octanol–water partition coefficient (Wildman–Crippen LogP) is 2.52. The fraction of sp³-hybridized carbons (Fsp3) is 0.462. The Morgan fingerprint density at radius 1 is 1.35 bits per heavy atom. The Morgan fingerprint density at radius 3 is 2.90 bits per heavy atom. The maximum absolute atomic E-state index is 12.2. The molecule has 1 fully saturated rings. The first-order chi connectivity index (χ1) is 9.47. The monoisotopic (exact) mass is 359 g/mol. The highest BCUT2D eigenvalue weighted by Gasteiger charge is 2.35. The molecule has 20 heavy (non-hydrogen) atoms. The molecular formula is C13H14BrNO4S. The van der Waals surface area contributed by atoms with Crippen molar-refractivity contribution < 1.29 is 12.8 Å². The van der Waals surface area contributed by atoms with E-state index in [1.54, 1.807) is 12.1 Å². The van der Waals surface area contributed by atoms with Crippen LogP contribution < -0.4 is 5.76 Å². The number of hydrogen-bond donors (Lipinski definition) is 1. The molecule has 0 saturated carbocycles. The molecular weight excluding hydrogens is 346 g/mol. The number of sulfone groups is 1. The van der Waals surface area contributed by atoms with E-state index in [0.717, 1.165) is 18.4 Å². The zero-order chi connectivity index (χ0) is 14.3. The van der Waals surface area contributed by atoms with Crippen molar-refractivity contribution in [2.24, 2.45) is 0 Å². The van der Waals surface area contributed by atoms with Gasteiger partial charge >= 0.3 is 5.76 Å². The van der Waals surface area contributed by atoms with Gasteiger partial charge in [0.1, 0.15) is 0 Å². The third-order valence-electron chi connectivity index (χ3n) is 3.72. The van der Waals surface area contributed by atoms with E-state index in [9.17, 15) is 13.2 Å². The van der Waals surface area contributed by atoms with Crippen LogP contribution in [0.4, 0.5) is 0 Å². The second-order valence-electron chi connectivity index (χ2n) is 5.07. The highest BCUT2D eigenvalue weighted by Crippen LogP contribution is 2.37. The SMILES string of the molecule is O=c1[nH]c2ccc(C(Br)C3CCCCS3(=O)=O)cc2o1. The summed E-state index contributed by atoms with van der Waals surface area (Å²) in [6, 6.07) is 5.27. The minimum Gasteiger partial charge on any atom is -0.408 e. The molecule has 1 aliphatic rings. The number of oxazole rings is 1. The Hall–Kier alpha value is -1.08. The fourth-order valence-corrected chi connectivity index (χ4v) is 6.15. The van der Waals surface area contributed by atoms with E-state index in [-0.39, 0.29) is 10.6 Å². The Kier molecular flexibility index (Phi) is 3.50. The Bertz CT molecular complexity index is 792. The summed E-state index contributed by atoms with van der Waals surface area (Å²) in [7, 11) is -3.07. The van der Waals surface area contributed by atoms with Crippen molar-refractivity contribution in [3.05, 3.63) is 34.3 Å². The molecule has 5 nitrogen and oxygen atoms in total. The van der Waals surface area contributed by atoms with E-state index in [0.29, 0.717) is 17.5 Å². The van der Waals surface area contributed by atoms with Crippen molar-refractivity contribution in [3.8, 4) is 0 Å². The van der Waals surface area contributed by atoms with Gasteiger partial charge in [0, 0.05) is 0 Å².